The van der Waals surface area contributed by atoms with E-state index in [-0.39, 0.29) is 29.7 Å². The summed E-state index contributed by atoms with van der Waals surface area (Å²) in [4.78, 5) is 42.5. The molecule has 0 fully saturated rings. The van der Waals surface area contributed by atoms with Gasteiger partial charge in [0.15, 0.2) is 17.1 Å². The number of aromatic amines is 1. The molecule has 37 heavy (non-hydrogen) atoms. The van der Waals surface area contributed by atoms with Crippen molar-refractivity contribution in [2.75, 3.05) is 12.8 Å². The molecule has 12 nitrogen and oxygen atoms in total. The number of nitrogens with two attached hydrogens (primary N) is 1. The van der Waals surface area contributed by atoms with Gasteiger partial charge >= 0.3 is 5.76 Å². The molecule has 0 aliphatic carbocycles. The number of hydrogen-bond donors (Lipinski definition) is 3. The van der Waals surface area contributed by atoms with Crippen LogP contribution in [0.3, 0.4) is 0 Å². The summed E-state index contributed by atoms with van der Waals surface area (Å²) in [6.45, 7) is 0.253. The molecular formula is C24H22ClN7O5. The quantitative estimate of drug-likeness (QED) is 0.282. The van der Waals surface area contributed by atoms with Crippen LogP contribution in [0.4, 0.5) is 5.82 Å². The molecule has 13 heteroatoms. The van der Waals surface area contributed by atoms with Crippen LogP contribution < -0.4 is 21.5 Å². The number of hydrogen-bond acceptors (Lipinski definition) is 9. The highest BCUT2D eigenvalue weighted by atomic mass is 35.5. The van der Waals surface area contributed by atoms with E-state index in [0.717, 1.165) is 16.9 Å². The van der Waals surface area contributed by atoms with Crippen molar-refractivity contribution in [1.82, 2.24) is 30.0 Å². The smallest absolute Gasteiger partial charge is 0.419 e. The van der Waals surface area contributed by atoms with Crippen LogP contribution in [0.15, 0.2) is 58.0 Å². The molecule has 0 aliphatic rings. The maximum atomic E-state index is 12.4. The minimum absolute atomic E-state index is 0.158. The van der Waals surface area contributed by atoms with Gasteiger partial charge in [0.1, 0.15) is 23.1 Å². The number of rotatable bonds is 6. The van der Waals surface area contributed by atoms with Crippen LogP contribution >= 0.6 is 11.6 Å². The van der Waals surface area contributed by atoms with Gasteiger partial charge in [-0.3, -0.25) is 19.3 Å². The Kier molecular flexibility index (Phi) is 7.49. The number of nitrogens with one attached hydrogen (secondary N) is 2. The van der Waals surface area contributed by atoms with Gasteiger partial charge in [0.25, 0.3) is 5.91 Å². The van der Waals surface area contributed by atoms with E-state index in [9.17, 15) is 14.4 Å². The number of H-pyrrole nitrogens is 1. The zero-order valence-corrected chi connectivity index (χ0v) is 20.6. The molecule has 5 rings (SSSR count). The standard InChI is InChI=1S/C15H13N7O3.C9H9ClO2/c1-22-8-4-7(2-3-9(8)25-15(22)24)5-17-14(23)12-10-11(18-6-19-12)13(16)21-20-10;1-12-8-4-2-3-7(5-8)6-9(10)11/h2-4,6H,5H2,1H3,(H,17,23)(H3,16,20,21);2-5H,6H2,1H3. The molecule has 3 aromatic heterocycles. The van der Waals surface area contributed by atoms with Gasteiger partial charge in [0.05, 0.1) is 12.6 Å². The van der Waals surface area contributed by atoms with Crippen LogP contribution in [-0.4, -0.2) is 43.0 Å². The van der Waals surface area contributed by atoms with Crippen LogP contribution in [0.2, 0.25) is 0 Å². The summed E-state index contributed by atoms with van der Waals surface area (Å²) in [5.74, 6) is 0.122. The summed E-state index contributed by atoms with van der Waals surface area (Å²) < 4.78 is 11.5. The molecule has 0 radical (unpaired) electrons. The van der Waals surface area contributed by atoms with Gasteiger partial charge in [-0.2, -0.15) is 5.10 Å². The first-order valence-electron chi connectivity index (χ1n) is 10.9. The minimum atomic E-state index is -0.434. The molecule has 0 spiro atoms. The maximum absolute atomic E-state index is 12.4. The van der Waals surface area contributed by atoms with Crippen molar-refractivity contribution in [2.24, 2.45) is 7.05 Å². The fourth-order valence-corrected chi connectivity index (χ4v) is 3.67. The van der Waals surface area contributed by atoms with Crippen molar-refractivity contribution in [1.29, 1.82) is 0 Å². The number of aryl methyl sites for hydroxylation is 1. The van der Waals surface area contributed by atoms with Crippen LogP contribution in [0.5, 0.6) is 5.75 Å². The lowest BCUT2D eigenvalue weighted by molar-refractivity contribution is -0.111. The monoisotopic (exact) mass is 523 g/mol. The fraction of sp³-hybridized carbons (Fsp3) is 0.167. The average molecular weight is 524 g/mol. The van der Waals surface area contributed by atoms with Crippen LogP contribution in [-0.2, 0) is 24.8 Å². The predicted octanol–water partition coefficient (Wildman–Crippen LogP) is 2.31. The molecular weight excluding hydrogens is 502 g/mol. The Morgan fingerprint density at radius 2 is 2.00 bits per heavy atom. The molecule has 1 amide bonds. The second kappa shape index (κ2) is 10.9. The number of aromatic nitrogens is 5. The van der Waals surface area contributed by atoms with Crippen LogP contribution in [0.1, 0.15) is 21.6 Å². The zero-order chi connectivity index (χ0) is 26.5. The van der Waals surface area contributed by atoms with Crippen LogP contribution in [0, 0.1) is 0 Å². The van der Waals surface area contributed by atoms with Crippen molar-refractivity contribution in [2.45, 2.75) is 13.0 Å². The number of oxazole rings is 1. The SMILES string of the molecule is COc1cccc(CC(=O)Cl)c1.Cn1c(=O)oc2ccc(CNC(=O)c3ncnc4c(N)n[nH]c34)cc21. The molecule has 0 saturated carbocycles. The summed E-state index contributed by atoms with van der Waals surface area (Å²) in [5.41, 5.74) is 9.44. The Labute approximate surface area is 214 Å². The van der Waals surface area contributed by atoms with E-state index in [1.807, 2.05) is 18.2 Å². The number of benzene rings is 2. The van der Waals surface area contributed by atoms with Gasteiger partial charge in [-0.1, -0.05) is 18.2 Å². The lowest BCUT2D eigenvalue weighted by Gasteiger charge is -2.05. The third-order valence-electron chi connectivity index (χ3n) is 5.38. The number of nitrogen functional groups attached to an aromatic ring is 1. The van der Waals surface area contributed by atoms with Crippen molar-refractivity contribution in [3.05, 3.63) is 76.2 Å². The summed E-state index contributed by atoms with van der Waals surface area (Å²) in [6.07, 6.45) is 1.51. The molecule has 0 aliphatic heterocycles. The predicted molar refractivity (Wildman–Crippen MR) is 136 cm³/mol. The first kappa shape index (κ1) is 25.4. The Morgan fingerprint density at radius 1 is 1.19 bits per heavy atom. The molecule has 5 aromatic rings. The zero-order valence-electron chi connectivity index (χ0n) is 19.8. The number of anilines is 1. The Balaban J connectivity index is 0.000000225. The van der Waals surface area contributed by atoms with Gasteiger partial charge in [0, 0.05) is 20.0 Å². The first-order chi connectivity index (χ1) is 17.8. The number of fused-ring (bicyclic) bond motifs is 2. The number of carbonyl (C=O) groups excluding carboxylic acids is 2. The number of methoxy groups -OCH3 is 1. The van der Waals surface area contributed by atoms with Gasteiger partial charge in [-0.05, 0) is 47.0 Å². The maximum Gasteiger partial charge on any atom is 0.419 e. The number of nitrogens with zero attached hydrogens (tertiary/aromatic N) is 4. The molecule has 0 atom stereocenters. The largest absolute Gasteiger partial charge is 0.497 e. The highest BCUT2D eigenvalue weighted by molar-refractivity contribution is 6.63. The number of carbonyl (C=O) groups is 2. The highest BCUT2D eigenvalue weighted by Gasteiger charge is 2.16. The summed E-state index contributed by atoms with van der Waals surface area (Å²) in [5, 5.41) is 8.90. The van der Waals surface area contributed by atoms with E-state index < -0.39 is 11.7 Å². The lowest BCUT2D eigenvalue weighted by Crippen LogP contribution is -2.24. The van der Waals surface area contributed by atoms with Crippen molar-refractivity contribution in [3.8, 4) is 5.75 Å². The fourth-order valence-electron chi connectivity index (χ4n) is 3.52. The van der Waals surface area contributed by atoms with E-state index in [4.69, 9.17) is 26.5 Å². The Bertz CT molecular complexity index is 1660. The number of halogens is 1. The van der Waals surface area contributed by atoms with Crippen molar-refractivity contribution < 1.29 is 18.7 Å². The lowest BCUT2D eigenvalue weighted by atomic mass is 10.1. The third kappa shape index (κ3) is 5.76. The molecule has 4 N–H and O–H groups in total. The van der Waals surface area contributed by atoms with Gasteiger partial charge in [-0.25, -0.2) is 14.8 Å². The summed E-state index contributed by atoms with van der Waals surface area (Å²) in [7, 11) is 3.21. The van der Waals surface area contributed by atoms with Crippen molar-refractivity contribution in [3.63, 3.8) is 0 Å². The van der Waals surface area contributed by atoms with Crippen LogP contribution in [0.25, 0.3) is 22.1 Å². The molecule has 190 valence electrons. The van der Waals surface area contributed by atoms with E-state index in [1.165, 1.54) is 10.9 Å². The second-order valence-corrected chi connectivity index (χ2v) is 8.27. The van der Waals surface area contributed by atoms with Crippen molar-refractivity contribution >= 4 is 50.7 Å². The first-order valence-corrected chi connectivity index (χ1v) is 11.3. The summed E-state index contributed by atoms with van der Waals surface area (Å²) >= 11 is 5.23. The highest BCUT2D eigenvalue weighted by Crippen LogP contribution is 2.18. The number of ether oxygens (including phenoxy) is 1. The van der Waals surface area contributed by atoms with Gasteiger partial charge < -0.3 is 20.2 Å². The minimum Gasteiger partial charge on any atom is -0.497 e. The van der Waals surface area contributed by atoms with E-state index in [0.29, 0.717) is 22.1 Å². The van der Waals surface area contributed by atoms with E-state index >= 15 is 0 Å². The second-order valence-electron chi connectivity index (χ2n) is 7.85. The number of amides is 1. The topological polar surface area (TPSA) is 171 Å². The molecule has 0 saturated heterocycles. The molecule has 3 heterocycles. The molecule has 2 aromatic carbocycles. The molecule has 0 unspecified atom stereocenters. The Morgan fingerprint density at radius 3 is 2.76 bits per heavy atom. The van der Waals surface area contributed by atoms with Gasteiger partial charge in [0.2, 0.25) is 5.24 Å². The third-order valence-corrected chi connectivity index (χ3v) is 5.51. The molecule has 0 bridgehead atoms. The average Bonchev–Trinajstić information content (AvgIpc) is 3.41. The normalized spacial score (nSPS) is 10.7. The van der Waals surface area contributed by atoms with E-state index in [2.05, 4.69) is 25.5 Å². The van der Waals surface area contributed by atoms with Gasteiger partial charge in [-0.15, -0.1) is 0 Å². The Hall–Kier alpha value is -4.71. The summed E-state index contributed by atoms with van der Waals surface area (Å²) in [6, 6.07) is 12.5. The van der Waals surface area contributed by atoms with E-state index in [1.54, 1.807) is 38.4 Å².